The van der Waals surface area contributed by atoms with Gasteiger partial charge in [-0.15, -0.1) is 11.8 Å². The Labute approximate surface area is 153 Å². The van der Waals surface area contributed by atoms with Gasteiger partial charge in [0.25, 0.3) is 5.91 Å². The first kappa shape index (κ1) is 17.0. The van der Waals surface area contributed by atoms with Crippen molar-refractivity contribution in [2.45, 2.75) is 18.3 Å². The summed E-state index contributed by atoms with van der Waals surface area (Å²) in [5, 5.41) is 0. The van der Waals surface area contributed by atoms with Crippen LogP contribution in [0.15, 0.2) is 42.5 Å². The summed E-state index contributed by atoms with van der Waals surface area (Å²) < 4.78 is 27.1. The molecule has 4 nitrogen and oxygen atoms in total. The van der Waals surface area contributed by atoms with Crippen LogP contribution >= 0.6 is 11.8 Å². The second kappa shape index (κ2) is 6.09. The first-order chi connectivity index (χ1) is 12.4. The van der Waals surface area contributed by atoms with E-state index in [2.05, 4.69) is 0 Å². The van der Waals surface area contributed by atoms with Gasteiger partial charge in [-0.2, -0.15) is 0 Å². The Morgan fingerprint density at radius 2 is 1.85 bits per heavy atom. The summed E-state index contributed by atoms with van der Waals surface area (Å²) in [6.07, 6.45) is 0. The first-order valence-corrected chi connectivity index (χ1v) is 9.20. The summed E-state index contributed by atoms with van der Waals surface area (Å²) in [6.45, 7) is 2.08. The second-order valence-corrected chi connectivity index (χ2v) is 7.63. The monoisotopic (exact) mass is 374 g/mol. The number of benzene rings is 2. The number of halogens is 2. The maximum atomic E-state index is 14.0. The molecular formula is C19H16F2N2O2S. The molecule has 1 atom stereocenters. The van der Waals surface area contributed by atoms with Crippen molar-refractivity contribution in [1.82, 2.24) is 4.90 Å². The van der Waals surface area contributed by atoms with Gasteiger partial charge >= 0.3 is 0 Å². The van der Waals surface area contributed by atoms with Gasteiger partial charge < -0.3 is 9.80 Å². The van der Waals surface area contributed by atoms with Crippen LogP contribution in [0.25, 0.3) is 0 Å². The summed E-state index contributed by atoms with van der Waals surface area (Å²) in [4.78, 5) is 27.4. The van der Waals surface area contributed by atoms with Crippen molar-refractivity contribution in [3.05, 3.63) is 65.2 Å². The Morgan fingerprint density at radius 1 is 1.15 bits per heavy atom. The Kier molecular flexibility index (Phi) is 3.99. The molecule has 0 radical (unpaired) electrons. The van der Waals surface area contributed by atoms with Gasteiger partial charge in [0, 0.05) is 24.8 Å². The molecule has 0 N–H and O–H groups in total. The topological polar surface area (TPSA) is 40.6 Å². The van der Waals surface area contributed by atoms with Crippen molar-refractivity contribution in [3.63, 3.8) is 0 Å². The number of nitrogens with zero attached hydrogens (tertiary/aromatic N) is 2. The molecule has 0 saturated carbocycles. The molecule has 0 bridgehead atoms. The third-order valence-electron chi connectivity index (χ3n) is 4.79. The van der Waals surface area contributed by atoms with E-state index in [1.807, 2.05) is 0 Å². The largest absolute Gasteiger partial charge is 0.315 e. The number of carbonyl (C=O) groups excluding carboxylic acids is 2. The standard InChI is InChI=1S/C19H16F2N2O2S/c1-12(24)23-8-9-26-19(23)16-10-15(21)6-7-17(16)22(18(19)25)11-13-2-4-14(20)5-3-13/h2-7,10H,8-9,11H2,1H3/t19-/m0/s1. The predicted octanol–water partition coefficient (Wildman–Crippen LogP) is 3.26. The maximum Gasteiger partial charge on any atom is 0.268 e. The lowest BCUT2D eigenvalue weighted by Gasteiger charge is -2.32. The van der Waals surface area contributed by atoms with E-state index in [-0.39, 0.29) is 24.2 Å². The van der Waals surface area contributed by atoms with Crippen molar-refractivity contribution in [2.75, 3.05) is 17.2 Å². The summed E-state index contributed by atoms with van der Waals surface area (Å²) in [7, 11) is 0. The van der Waals surface area contributed by atoms with E-state index < -0.39 is 10.7 Å². The molecule has 2 aromatic carbocycles. The normalized spacial score (nSPS) is 21.6. The molecule has 0 aliphatic carbocycles. The summed E-state index contributed by atoms with van der Waals surface area (Å²) in [6, 6.07) is 10.1. The van der Waals surface area contributed by atoms with Crippen molar-refractivity contribution in [2.24, 2.45) is 0 Å². The molecule has 2 aromatic rings. The number of hydrogen-bond acceptors (Lipinski definition) is 3. The zero-order valence-corrected chi connectivity index (χ0v) is 14.9. The van der Waals surface area contributed by atoms with Gasteiger partial charge in [-0.25, -0.2) is 8.78 Å². The molecule has 1 spiro atoms. The zero-order valence-electron chi connectivity index (χ0n) is 14.0. The minimum Gasteiger partial charge on any atom is -0.315 e. The highest BCUT2D eigenvalue weighted by Gasteiger charge is 2.58. The Hall–Kier alpha value is -2.41. The minimum atomic E-state index is -1.22. The van der Waals surface area contributed by atoms with Gasteiger partial charge in [0.05, 0.1) is 12.2 Å². The quantitative estimate of drug-likeness (QED) is 0.810. The summed E-state index contributed by atoms with van der Waals surface area (Å²) in [5.74, 6) is -0.682. The van der Waals surface area contributed by atoms with Crippen LogP contribution in [0.5, 0.6) is 0 Å². The molecule has 26 heavy (non-hydrogen) atoms. The van der Waals surface area contributed by atoms with E-state index in [9.17, 15) is 18.4 Å². The molecule has 2 aliphatic rings. The highest BCUT2D eigenvalue weighted by atomic mass is 32.2. The number of amides is 2. The van der Waals surface area contributed by atoms with Gasteiger partial charge in [-0.3, -0.25) is 9.59 Å². The van der Waals surface area contributed by atoms with E-state index >= 15 is 0 Å². The number of hydrogen-bond donors (Lipinski definition) is 0. The van der Waals surface area contributed by atoms with E-state index in [0.29, 0.717) is 23.5 Å². The number of anilines is 1. The van der Waals surface area contributed by atoms with E-state index in [4.69, 9.17) is 0 Å². The van der Waals surface area contributed by atoms with Crippen LogP contribution < -0.4 is 4.90 Å². The number of rotatable bonds is 2. The SMILES string of the molecule is CC(=O)N1CCS[C@@]12C(=O)N(Cc1ccc(F)cc1)c1ccc(F)cc12. The fourth-order valence-electron chi connectivity index (χ4n) is 3.65. The van der Waals surface area contributed by atoms with Gasteiger partial charge in [0.1, 0.15) is 11.6 Å². The van der Waals surface area contributed by atoms with Gasteiger partial charge in [-0.05, 0) is 35.9 Å². The third-order valence-corrected chi connectivity index (χ3v) is 6.21. The second-order valence-electron chi connectivity index (χ2n) is 6.34. The molecular weight excluding hydrogens is 358 g/mol. The molecule has 0 unspecified atom stereocenters. The van der Waals surface area contributed by atoms with Gasteiger partial charge in [-0.1, -0.05) is 12.1 Å². The fourth-order valence-corrected chi connectivity index (χ4v) is 5.15. The van der Waals surface area contributed by atoms with Crippen molar-refractivity contribution in [3.8, 4) is 0 Å². The maximum absolute atomic E-state index is 14.0. The van der Waals surface area contributed by atoms with Gasteiger partial charge in [0.2, 0.25) is 5.91 Å². The van der Waals surface area contributed by atoms with Crippen LogP contribution in [-0.2, 0) is 21.0 Å². The Bertz CT molecular complexity index is 903. The molecule has 4 rings (SSSR count). The lowest BCUT2D eigenvalue weighted by Crippen LogP contribution is -2.49. The third kappa shape index (κ3) is 2.41. The van der Waals surface area contributed by atoms with Crippen molar-refractivity contribution >= 4 is 29.3 Å². The Morgan fingerprint density at radius 3 is 2.54 bits per heavy atom. The molecule has 1 saturated heterocycles. The zero-order chi connectivity index (χ0) is 18.5. The lowest BCUT2D eigenvalue weighted by atomic mass is 10.1. The van der Waals surface area contributed by atoms with Crippen molar-refractivity contribution in [1.29, 1.82) is 0 Å². The van der Waals surface area contributed by atoms with Gasteiger partial charge in [0.15, 0.2) is 4.87 Å². The molecule has 0 aromatic heterocycles. The fraction of sp³-hybridized carbons (Fsp3) is 0.263. The lowest BCUT2D eigenvalue weighted by molar-refractivity contribution is -0.138. The highest BCUT2D eigenvalue weighted by Crippen LogP contribution is 2.54. The number of fused-ring (bicyclic) bond motifs is 2. The Balaban J connectivity index is 1.82. The van der Waals surface area contributed by atoms with E-state index in [0.717, 1.165) is 5.56 Å². The van der Waals surface area contributed by atoms with Crippen LogP contribution in [0.2, 0.25) is 0 Å². The molecule has 7 heteroatoms. The average molecular weight is 374 g/mol. The molecule has 2 heterocycles. The van der Waals surface area contributed by atoms with E-state index in [1.165, 1.54) is 47.9 Å². The van der Waals surface area contributed by atoms with Crippen LogP contribution in [0.1, 0.15) is 18.1 Å². The van der Waals surface area contributed by atoms with E-state index in [1.54, 1.807) is 23.1 Å². The van der Waals surface area contributed by atoms with Crippen LogP contribution in [0, 0.1) is 11.6 Å². The van der Waals surface area contributed by atoms with Crippen LogP contribution in [0.4, 0.5) is 14.5 Å². The number of carbonyl (C=O) groups is 2. The molecule has 1 fully saturated rings. The smallest absolute Gasteiger partial charge is 0.268 e. The predicted molar refractivity (Wildman–Crippen MR) is 95.5 cm³/mol. The average Bonchev–Trinajstić information content (AvgIpc) is 3.15. The molecule has 2 aliphatic heterocycles. The van der Waals surface area contributed by atoms with Crippen LogP contribution in [-0.4, -0.2) is 29.0 Å². The summed E-state index contributed by atoms with van der Waals surface area (Å²) in [5.41, 5.74) is 1.84. The van der Waals surface area contributed by atoms with Crippen LogP contribution in [0.3, 0.4) is 0 Å². The first-order valence-electron chi connectivity index (χ1n) is 8.22. The summed E-state index contributed by atoms with van der Waals surface area (Å²) >= 11 is 1.35. The van der Waals surface area contributed by atoms with Crippen molar-refractivity contribution < 1.29 is 18.4 Å². The minimum absolute atomic E-state index is 0.220. The number of thioether (sulfide) groups is 1. The highest BCUT2D eigenvalue weighted by molar-refractivity contribution is 8.01. The molecule has 2 amide bonds. The molecule has 134 valence electrons.